The van der Waals surface area contributed by atoms with Crippen molar-refractivity contribution in [3.8, 4) is 0 Å². The summed E-state index contributed by atoms with van der Waals surface area (Å²) in [6.45, 7) is 0. The second-order valence-corrected chi connectivity index (χ2v) is 3.03. The number of carbonyl (C=O) groups excluding carboxylic acids is 1. The first-order chi connectivity index (χ1) is 6.70. The molecule has 0 aliphatic rings. The lowest BCUT2D eigenvalue weighted by Gasteiger charge is -1.85. The number of nitrogens with one attached hydrogen (secondary N) is 1. The molecule has 1 aromatic rings. The number of rotatable bonds is 2. The van der Waals surface area contributed by atoms with E-state index in [2.05, 4.69) is 0 Å². The van der Waals surface area contributed by atoms with E-state index in [1.807, 2.05) is 30.3 Å². The highest BCUT2D eigenvalue weighted by Crippen LogP contribution is 2.16. The normalized spacial score (nSPS) is 9.93. The predicted molar refractivity (Wildman–Crippen MR) is 53.7 cm³/mol. The molecule has 1 unspecified atom stereocenters. The molecule has 0 heterocycles. The van der Waals surface area contributed by atoms with Gasteiger partial charge in [-0.1, -0.05) is 30.3 Å². The van der Waals surface area contributed by atoms with Crippen molar-refractivity contribution < 1.29 is 14.3 Å². The van der Waals surface area contributed by atoms with Crippen molar-refractivity contribution in [2.75, 3.05) is 0 Å². The van der Waals surface area contributed by atoms with Crippen LogP contribution in [0.25, 0.3) is 6.08 Å². The standard InChI is InChI=1S/C8H7O2P.CHNO/c9-11(10)7-6-8-4-2-1-3-5-8;2-1-3/h1-7H;2H/p+1. The Labute approximate surface area is 82.3 Å². The van der Waals surface area contributed by atoms with Gasteiger partial charge in [-0.05, 0) is 16.2 Å². The zero-order valence-electron chi connectivity index (χ0n) is 7.25. The van der Waals surface area contributed by atoms with Crippen LogP contribution in [0.15, 0.2) is 36.1 Å². The van der Waals surface area contributed by atoms with Gasteiger partial charge < -0.3 is 0 Å². The number of isocyanates is 1. The summed E-state index contributed by atoms with van der Waals surface area (Å²) >= 11 is 0. The highest BCUT2D eigenvalue weighted by Gasteiger charge is 1.99. The Bertz CT molecular complexity index is 342. The summed E-state index contributed by atoms with van der Waals surface area (Å²) in [6, 6.07) is 9.40. The molecule has 14 heavy (non-hydrogen) atoms. The summed E-state index contributed by atoms with van der Waals surface area (Å²) in [6.07, 6.45) is 2.37. The SMILES string of the molecule is N=C=O.O=[P+](O)C=Cc1ccccc1. The van der Waals surface area contributed by atoms with Gasteiger partial charge in [0.05, 0.1) is 0 Å². The van der Waals surface area contributed by atoms with Crippen LogP contribution < -0.4 is 0 Å². The maximum Gasteiger partial charge on any atom is 0.538 e. The van der Waals surface area contributed by atoms with Crippen molar-refractivity contribution in [3.63, 3.8) is 0 Å². The van der Waals surface area contributed by atoms with Crippen molar-refractivity contribution in [2.45, 2.75) is 0 Å². The average molecular weight is 210 g/mol. The minimum absolute atomic E-state index is 0.750. The highest BCUT2D eigenvalue weighted by atomic mass is 31.1. The largest absolute Gasteiger partial charge is 0.538 e. The molecule has 0 fully saturated rings. The molecule has 0 bridgehead atoms. The van der Waals surface area contributed by atoms with Crippen LogP contribution in [-0.4, -0.2) is 11.0 Å². The van der Waals surface area contributed by atoms with Crippen LogP contribution in [0.4, 0.5) is 0 Å². The molecule has 0 saturated heterocycles. The van der Waals surface area contributed by atoms with Gasteiger partial charge in [-0.25, -0.2) is 10.2 Å². The minimum Gasteiger partial charge on any atom is -0.222 e. The van der Waals surface area contributed by atoms with E-state index in [1.54, 1.807) is 6.08 Å². The van der Waals surface area contributed by atoms with Crippen molar-refractivity contribution in [1.82, 2.24) is 0 Å². The van der Waals surface area contributed by atoms with Gasteiger partial charge in [0.2, 0.25) is 6.08 Å². The molecule has 1 rings (SSSR count). The zero-order chi connectivity index (χ0) is 10.8. The van der Waals surface area contributed by atoms with Gasteiger partial charge in [-0.2, -0.15) is 4.89 Å². The molecule has 1 atom stereocenters. The maximum absolute atomic E-state index is 10.2. The van der Waals surface area contributed by atoms with E-state index in [4.69, 9.17) is 15.1 Å². The molecule has 0 aliphatic carbocycles. The quantitative estimate of drug-likeness (QED) is 0.446. The fraction of sp³-hybridized carbons (Fsp3) is 0. The van der Waals surface area contributed by atoms with Crippen LogP contribution in [0.2, 0.25) is 0 Å². The lowest BCUT2D eigenvalue weighted by molar-refractivity contribution is 0.513. The summed E-state index contributed by atoms with van der Waals surface area (Å²) in [5.41, 5.74) is 0.935. The first kappa shape index (κ1) is 12.4. The fourth-order valence-corrected chi connectivity index (χ4v) is 1.01. The van der Waals surface area contributed by atoms with Gasteiger partial charge in [0.15, 0.2) is 5.82 Å². The first-order valence-electron chi connectivity index (χ1n) is 3.63. The zero-order valence-corrected chi connectivity index (χ0v) is 8.15. The molecule has 0 aromatic heterocycles. The molecule has 72 valence electrons. The molecule has 0 amide bonds. The third kappa shape index (κ3) is 7.07. The van der Waals surface area contributed by atoms with Gasteiger partial charge in [0.1, 0.15) is 0 Å². The molecule has 0 spiro atoms. The van der Waals surface area contributed by atoms with Gasteiger partial charge in [0.25, 0.3) is 0 Å². The summed E-state index contributed by atoms with van der Waals surface area (Å²) in [7, 11) is -2.15. The smallest absolute Gasteiger partial charge is 0.222 e. The second kappa shape index (κ2) is 8.02. The molecule has 1 aromatic carbocycles. The number of benzene rings is 1. The molecule has 5 heteroatoms. The monoisotopic (exact) mass is 210 g/mol. The molecular weight excluding hydrogens is 201 g/mol. The Morgan fingerprint density at radius 3 is 2.29 bits per heavy atom. The Morgan fingerprint density at radius 2 is 1.86 bits per heavy atom. The minimum atomic E-state index is -2.15. The van der Waals surface area contributed by atoms with Crippen molar-refractivity contribution in [1.29, 1.82) is 5.41 Å². The van der Waals surface area contributed by atoms with E-state index >= 15 is 0 Å². The van der Waals surface area contributed by atoms with E-state index in [0.29, 0.717) is 0 Å². The fourth-order valence-electron chi connectivity index (χ4n) is 0.714. The van der Waals surface area contributed by atoms with Crippen LogP contribution in [-0.2, 0) is 9.36 Å². The first-order valence-corrected chi connectivity index (χ1v) is 4.91. The topological polar surface area (TPSA) is 78.2 Å². The van der Waals surface area contributed by atoms with E-state index in [0.717, 1.165) is 11.6 Å². The third-order valence-electron chi connectivity index (χ3n) is 1.19. The van der Waals surface area contributed by atoms with Gasteiger partial charge in [-0.15, -0.1) is 0 Å². The van der Waals surface area contributed by atoms with Crippen LogP contribution in [0, 0.1) is 5.41 Å². The molecule has 0 aliphatic heterocycles. The summed E-state index contributed by atoms with van der Waals surface area (Å²) in [5.74, 6) is 1.27. The number of hydrogen-bond donors (Lipinski definition) is 2. The van der Waals surface area contributed by atoms with E-state index in [-0.39, 0.29) is 0 Å². The Kier molecular flexibility index (Phi) is 7.10. The summed E-state index contributed by atoms with van der Waals surface area (Å²) in [5, 5.41) is 5.40. The van der Waals surface area contributed by atoms with Crippen LogP contribution in [0.5, 0.6) is 0 Å². The molecular formula is C9H9NO3P+. The van der Waals surface area contributed by atoms with Crippen LogP contribution >= 0.6 is 8.03 Å². The molecule has 0 saturated carbocycles. The molecule has 0 radical (unpaired) electrons. The Hall–Kier alpha value is -1.60. The van der Waals surface area contributed by atoms with Gasteiger partial charge in [-0.3, -0.25) is 0 Å². The predicted octanol–water partition coefficient (Wildman–Crippen LogP) is 2.29. The maximum atomic E-state index is 10.2. The van der Waals surface area contributed by atoms with E-state index in [9.17, 15) is 4.57 Å². The van der Waals surface area contributed by atoms with E-state index < -0.39 is 8.03 Å². The lowest BCUT2D eigenvalue weighted by atomic mass is 10.2. The molecule has 2 N–H and O–H groups in total. The van der Waals surface area contributed by atoms with Gasteiger partial charge in [0, 0.05) is 0 Å². The summed E-state index contributed by atoms with van der Waals surface area (Å²) in [4.78, 5) is 16.8. The third-order valence-corrected chi connectivity index (χ3v) is 1.60. The summed E-state index contributed by atoms with van der Waals surface area (Å²) < 4.78 is 10.2. The van der Waals surface area contributed by atoms with Crippen LogP contribution in [0.1, 0.15) is 5.56 Å². The molecule has 4 nitrogen and oxygen atoms in total. The number of hydrogen-bond acceptors (Lipinski definition) is 3. The van der Waals surface area contributed by atoms with Crippen molar-refractivity contribution in [2.24, 2.45) is 0 Å². The Balaban J connectivity index is 0.000000500. The van der Waals surface area contributed by atoms with Gasteiger partial charge >= 0.3 is 8.03 Å². The highest BCUT2D eigenvalue weighted by molar-refractivity contribution is 7.41. The van der Waals surface area contributed by atoms with Crippen molar-refractivity contribution in [3.05, 3.63) is 41.7 Å². The lowest BCUT2D eigenvalue weighted by Crippen LogP contribution is -1.65. The van der Waals surface area contributed by atoms with Crippen molar-refractivity contribution >= 4 is 20.2 Å². The van der Waals surface area contributed by atoms with E-state index in [1.165, 1.54) is 5.82 Å². The van der Waals surface area contributed by atoms with Crippen LogP contribution in [0.3, 0.4) is 0 Å². The Morgan fingerprint density at radius 1 is 1.36 bits per heavy atom. The average Bonchev–Trinajstić information content (AvgIpc) is 2.18. The second-order valence-electron chi connectivity index (χ2n) is 2.13.